The van der Waals surface area contributed by atoms with E-state index in [9.17, 15) is 0 Å². The molecule has 0 saturated carbocycles. The van der Waals surface area contributed by atoms with E-state index in [1.54, 1.807) is 0 Å². The Labute approximate surface area is 167 Å². The third-order valence-corrected chi connectivity index (χ3v) is 26.9. The van der Waals surface area contributed by atoms with E-state index in [0.29, 0.717) is 24.4 Å². The molecule has 0 radical (unpaired) electrons. The van der Waals surface area contributed by atoms with Crippen molar-refractivity contribution in [3.8, 4) is 0 Å². The van der Waals surface area contributed by atoms with Gasteiger partial charge in [0.25, 0.3) is 0 Å². The molecule has 4 aliphatic heterocycles. The molecule has 0 bridgehead atoms. The summed E-state index contributed by atoms with van der Waals surface area (Å²) < 4.78 is 21.8. The molecule has 0 aromatic rings. The molecule has 4 fully saturated rings. The first kappa shape index (κ1) is 19.8. The van der Waals surface area contributed by atoms with E-state index in [2.05, 4.69) is 55.4 Å². The second-order valence-corrected chi connectivity index (χ2v) is 27.5. The summed E-state index contributed by atoms with van der Waals surface area (Å²) in [5.41, 5.74) is 0. The first-order chi connectivity index (χ1) is 11.3. The molecule has 0 aromatic heterocycles. The summed E-state index contributed by atoms with van der Waals surface area (Å²) in [4.78, 5) is -0.402. The molecule has 9 heteroatoms. The molecule has 8 atom stereocenters. The zero-order valence-corrected chi connectivity index (χ0v) is 20.3. The van der Waals surface area contributed by atoms with Crippen LogP contribution in [0.2, 0.25) is 0 Å². The molecule has 4 saturated heterocycles. The van der Waals surface area contributed by atoms with Gasteiger partial charge < -0.3 is 18.9 Å². The average molecular weight is 441 g/mol. The van der Waals surface area contributed by atoms with E-state index < -0.39 is 4.67 Å². The third kappa shape index (κ3) is 3.71. The van der Waals surface area contributed by atoms with Crippen LogP contribution in [0.1, 0.15) is 55.4 Å². The van der Waals surface area contributed by atoms with Crippen molar-refractivity contribution in [1.29, 1.82) is 0 Å². The third-order valence-electron chi connectivity index (χ3n) is 5.68. The van der Waals surface area contributed by atoms with Crippen molar-refractivity contribution in [3.05, 3.63) is 0 Å². The Bertz CT molecular complexity index is 497. The SMILES string of the molecule is CC1OC1(C)S[Si](SC1(C)OC1C)(SC1(C)OC1C)SC1(C)OC1C. The number of rotatable bonds is 8. The summed E-state index contributed by atoms with van der Waals surface area (Å²) in [6.45, 7) is 17.6. The van der Waals surface area contributed by atoms with Crippen LogP contribution in [0.4, 0.5) is 0 Å². The number of epoxide rings is 4. The van der Waals surface area contributed by atoms with Crippen molar-refractivity contribution in [2.24, 2.45) is 0 Å². The lowest BCUT2D eigenvalue weighted by Crippen LogP contribution is -2.34. The van der Waals surface area contributed by atoms with Crippen LogP contribution < -0.4 is 0 Å². The van der Waals surface area contributed by atoms with Gasteiger partial charge in [0, 0.05) is 0 Å². The van der Waals surface area contributed by atoms with Crippen molar-refractivity contribution in [1.82, 2.24) is 0 Å². The minimum Gasteiger partial charge on any atom is -0.356 e. The van der Waals surface area contributed by atoms with Gasteiger partial charge in [0.05, 0.1) is 24.4 Å². The van der Waals surface area contributed by atoms with Gasteiger partial charge >= 0.3 is 4.67 Å². The molecule has 8 unspecified atom stereocenters. The summed E-state index contributed by atoms with van der Waals surface area (Å²) in [5, 5.41) is 0. The van der Waals surface area contributed by atoms with Gasteiger partial charge in [0.15, 0.2) is 0 Å². The largest absolute Gasteiger partial charge is 0.356 e. The van der Waals surface area contributed by atoms with E-state index in [1.165, 1.54) is 0 Å². The number of hydrogen-bond donors (Lipinski definition) is 0. The van der Waals surface area contributed by atoms with Crippen molar-refractivity contribution in [2.45, 2.75) is 99.5 Å². The average Bonchev–Trinajstić information content (AvgIpc) is 3.37. The van der Waals surface area contributed by atoms with Crippen LogP contribution in [0.25, 0.3) is 0 Å². The zero-order valence-electron chi connectivity index (χ0n) is 16.1. The number of hydrogen-bond acceptors (Lipinski definition) is 8. The van der Waals surface area contributed by atoms with Crippen LogP contribution in [0.3, 0.4) is 0 Å². The first-order valence-corrected chi connectivity index (χ1v) is 17.0. The van der Waals surface area contributed by atoms with Gasteiger partial charge in [0.1, 0.15) is 19.7 Å². The monoisotopic (exact) mass is 440 g/mol. The Morgan fingerprint density at radius 2 is 0.680 bits per heavy atom. The maximum atomic E-state index is 5.98. The molecule has 25 heavy (non-hydrogen) atoms. The fraction of sp³-hybridized carbons (Fsp3) is 1.00. The van der Waals surface area contributed by atoms with Crippen LogP contribution in [0.15, 0.2) is 0 Å². The van der Waals surface area contributed by atoms with Gasteiger partial charge in [-0.3, -0.25) is 0 Å². The second kappa shape index (κ2) is 5.75. The molecule has 4 nitrogen and oxygen atoms in total. The molecule has 0 amide bonds. The summed E-state index contributed by atoms with van der Waals surface area (Å²) in [5.74, 6) is 0. The smallest absolute Gasteiger partial charge is 0.311 e. The van der Waals surface area contributed by atoms with E-state index in [-0.39, 0.29) is 19.7 Å². The highest BCUT2D eigenvalue weighted by Gasteiger charge is 2.70. The highest BCUT2D eigenvalue weighted by Crippen LogP contribution is 2.72. The molecular formula is C16H28O4S4Si. The molecule has 4 aliphatic rings. The Morgan fingerprint density at radius 1 is 0.520 bits per heavy atom. The lowest BCUT2D eigenvalue weighted by atomic mass is 10.4. The molecular weight excluding hydrogens is 413 g/mol. The second-order valence-electron chi connectivity index (χ2n) is 8.01. The van der Waals surface area contributed by atoms with Crippen LogP contribution >= 0.6 is 44.8 Å². The van der Waals surface area contributed by atoms with Crippen LogP contribution in [-0.4, -0.2) is 48.8 Å². The van der Waals surface area contributed by atoms with E-state index in [0.717, 1.165) is 0 Å². The van der Waals surface area contributed by atoms with Gasteiger partial charge in [0.2, 0.25) is 0 Å². The molecule has 4 rings (SSSR count). The predicted molar refractivity (Wildman–Crippen MR) is 112 cm³/mol. The maximum absolute atomic E-state index is 5.98. The molecule has 0 N–H and O–H groups in total. The highest BCUT2D eigenvalue weighted by atomic mass is 32.9. The van der Waals surface area contributed by atoms with Crippen LogP contribution in [-0.2, 0) is 18.9 Å². The van der Waals surface area contributed by atoms with Gasteiger partial charge in [-0.2, -0.15) is 0 Å². The molecule has 4 heterocycles. The Hall–Kier alpha value is 1.46. The normalized spacial score (nSPS) is 58.6. The van der Waals surface area contributed by atoms with Crippen molar-refractivity contribution in [3.63, 3.8) is 0 Å². The number of ether oxygens (including phenoxy) is 4. The molecule has 0 spiro atoms. The van der Waals surface area contributed by atoms with Gasteiger partial charge in [-0.05, 0) is 55.4 Å². The topological polar surface area (TPSA) is 50.1 Å². The highest BCUT2D eigenvalue weighted by molar-refractivity contribution is 9.00. The first-order valence-electron chi connectivity index (χ1n) is 8.86. The zero-order chi connectivity index (χ0) is 18.5. The van der Waals surface area contributed by atoms with E-state index in [4.69, 9.17) is 18.9 Å². The predicted octanol–water partition coefficient (Wildman–Crippen LogP) is 4.89. The van der Waals surface area contributed by atoms with E-state index >= 15 is 0 Å². The molecule has 144 valence electrons. The van der Waals surface area contributed by atoms with Crippen LogP contribution in [0.5, 0.6) is 0 Å². The summed E-state index contributed by atoms with van der Waals surface area (Å²) in [6.07, 6.45) is 1.19. The Morgan fingerprint density at radius 3 is 0.800 bits per heavy atom. The summed E-state index contributed by atoms with van der Waals surface area (Å²) in [6, 6.07) is 0. The van der Waals surface area contributed by atoms with Crippen molar-refractivity contribution in [2.75, 3.05) is 0 Å². The van der Waals surface area contributed by atoms with Gasteiger partial charge in [-0.1, -0.05) is 0 Å². The quantitative estimate of drug-likeness (QED) is 0.390. The lowest BCUT2D eigenvalue weighted by Gasteiger charge is -2.34. The summed E-state index contributed by atoms with van der Waals surface area (Å²) >= 11 is 8.16. The molecule has 0 aromatic carbocycles. The maximum Gasteiger partial charge on any atom is 0.311 e. The Balaban J connectivity index is 1.62. The minimum atomic E-state index is -2.09. The van der Waals surface area contributed by atoms with Crippen LogP contribution in [0, 0.1) is 0 Å². The van der Waals surface area contributed by atoms with Crippen molar-refractivity contribution >= 4 is 49.5 Å². The van der Waals surface area contributed by atoms with Gasteiger partial charge in [-0.25, -0.2) is 0 Å². The van der Waals surface area contributed by atoms with Crippen molar-refractivity contribution < 1.29 is 18.9 Å². The lowest BCUT2D eigenvalue weighted by molar-refractivity contribution is 0.374. The fourth-order valence-electron chi connectivity index (χ4n) is 2.81. The standard InChI is InChI=1S/C16H28O4S4Si/c1-9-13(5,17-9)21-25(22-14(6)10(2)18-14,23-15(7)11(3)19-15)24-16(8)12(4)20-16/h9-12H,1-8H3. The summed E-state index contributed by atoms with van der Waals surface area (Å²) in [7, 11) is 0. The fourth-order valence-corrected chi connectivity index (χ4v) is 35.9. The molecule has 0 aliphatic carbocycles. The van der Waals surface area contributed by atoms with Gasteiger partial charge in [-0.15, -0.1) is 44.8 Å². The van der Waals surface area contributed by atoms with E-state index in [1.807, 2.05) is 44.8 Å². The minimum absolute atomic E-state index is 0.101. The Kier molecular flexibility index (Phi) is 4.55.